The number of aliphatic hydroxyl groups is 1. The lowest BCUT2D eigenvalue weighted by atomic mass is 9.71. The van der Waals surface area contributed by atoms with Gasteiger partial charge >= 0.3 is 0 Å². The van der Waals surface area contributed by atoms with E-state index in [0.29, 0.717) is 23.4 Å². The predicted molar refractivity (Wildman–Crippen MR) is 77.4 cm³/mol. The predicted octanol–water partition coefficient (Wildman–Crippen LogP) is 2.10. The third-order valence-corrected chi connectivity index (χ3v) is 4.34. The first-order valence-electron chi connectivity index (χ1n) is 7.08. The average Bonchev–Trinajstić information content (AvgIpc) is 2.89. The highest BCUT2D eigenvalue weighted by Crippen LogP contribution is 2.40. The van der Waals surface area contributed by atoms with Crippen molar-refractivity contribution in [3.05, 3.63) is 12.7 Å². The van der Waals surface area contributed by atoms with Gasteiger partial charge in [0.25, 0.3) is 0 Å². The fourth-order valence-corrected chi connectivity index (χ4v) is 2.72. The fraction of sp³-hybridized carbons (Fsp3) is 0.643. The molecule has 0 saturated heterocycles. The van der Waals surface area contributed by atoms with Crippen LogP contribution in [0.15, 0.2) is 12.7 Å². The zero-order chi connectivity index (χ0) is 14.2. The van der Waals surface area contributed by atoms with Crippen molar-refractivity contribution in [2.24, 2.45) is 5.41 Å². The molecular formula is C14H21N5O. The number of anilines is 1. The van der Waals surface area contributed by atoms with E-state index in [0.717, 1.165) is 31.2 Å². The third kappa shape index (κ3) is 2.60. The summed E-state index contributed by atoms with van der Waals surface area (Å²) in [5.41, 5.74) is 1.12. The summed E-state index contributed by atoms with van der Waals surface area (Å²) in [6, 6.07) is 0. The van der Waals surface area contributed by atoms with Gasteiger partial charge in [-0.15, -0.1) is 0 Å². The van der Waals surface area contributed by atoms with Gasteiger partial charge in [-0.25, -0.2) is 15.0 Å². The standard InChI is InChI=1S/C14H21N5O/c1-13(2)3-5-14(20,6-4-13)7-15-11-10-12(17-8-16-10)19-9-18-11/h8-9,20H,3-7H2,1-2H3,(H2,15,16,17,18,19). The molecule has 6 heteroatoms. The minimum absolute atomic E-state index is 0.345. The Morgan fingerprint density at radius 2 is 1.95 bits per heavy atom. The molecule has 1 fully saturated rings. The first-order valence-corrected chi connectivity index (χ1v) is 7.08. The van der Waals surface area contributed by atoms with E-state index < -0.39 is 5.60 Å². The zero-order valence-electron chi connectivity index (χ0n) is 12.0. The van der Waals surface area contributed by atoms with Crippen molar-refractivity contribution in [2.75, 3.05) is 11.9 Å². The van der Waals surface area contributed by atoms with Crippen LogP contribution in [0.5, 0.6) is 0 Å². The van der Waals surface area contributed by atoms with E-state index in [-0.39, 0.29) is 0 Å². The van der Waals surface area contributed by atoms with Crippen molar-refractivity contribution < 1.29 is 5.11 Å². The average molecular weight is 275 g/mol. The molecule has 0 aliphatic heterocycles. The Kier molecular flexibility index (Phi) is 3.12. The highest BCUT2D eigenvalue weighted by Gasteiger charge is 2.36. The van der Waals surface area contributed by atoms with Crippen molar-refractivity contribution in [3.63, 3.8) is 0 Å². The van der Waals surface area contributed by atoms with Crippen LogP contribution >= 0.6 is 0 Å². The van der Waals surface area contributed by atoms with Gasteiger partial charge in [0.2, 0.25) is 0 Å². The van der Waals surface area contributed by atoms with Gasteiger partial charge in [0.15, 0.2) is 11.5 Å². The minimum Gasteiger partial charge on any atom is -0.388 e. The Morgan fingerprint density at radius 1 is 1.20 bits per heavy atom. The summed E-state index contributed by atoms with van der Waals surface area (Å²) in [5, 5.41) is 13.9. The van der Waals surface area contributed by atoms with Crippen molar-refractivity contribution in [1.82, 2.24) is 19.9 Å². The van der Waals surface area contributed by atoms with Gasteiger partial charge in [-0.3, -0.25) is 0 Å². The van der Waals surface area contributed by atoms with E-state index in [1.54, 1.807) is 6.33 Å². The van der Waals surface area contributed by atoms with Gasteiger partial charge < -0.3 is 15.4 Å². The van der Waals surface area contributed by atoms with Crippen LogP contribution in [0.3, 0.4) is 0 Å². The fourth-order valence-electron chi connectivity index (χ4n) is 2.72. The summed E-state index contributed by atoms with van der Waals surface area (Å²) >= 11 is 0. The Bertz CT molecular complexity index is 596. The molecule has 0 spiro atoms. The quantitative estimate of drug-likeness (QED) is 0.798. The van der Waals surface area contributed by atoms with Crippen LogP contribution in [-0.2, 0) is 0 Å². The molecule has 0 bridgehead atoms. The first-order chi connectivity index (χ1) is 9.48. The van der Waals surface area contributed by atoms with E-state index in [1.807, 2.05) is 0 Å². The van der Waals surface area contributed by atoms with Gasteiger partial charge in [-0.05, 0) is 31.1 Å². The van der Waals surface area contributed by atoms with Crippen molar-refractivity contribution in [3.8, 4) is 0 Å². The molecule has 2 aromatic heterocycles. The van der Waals surface area contributed by atoms with Crippen LogP contribution < -0.4 is 5.32 Å². The van der Waals surface area contributed by atoms with E-state index in [2.05, 4.69) is 39.1 Å². The van der Waals surface area contributed by atoms with E-state index in [1.165, 1.54) is 6.33 Å². The van der Waals surface area contributed by atoms with Crippen LogP contribution in [0.25, 0.3) is 11.2 Å². The van der Waals surface area contributed by atoms with E-state index in [4.69, 9.17) is 0 Å². The van der Waals surface area contributed by atoms with Crippen LogP contribution in [0.4, 0.5) is 5.82 Å². The maximum atomic E-state index is 10.7. The molecule has 0 radical (unpaired) electrons. The molecule has 0 unspecified atom stereocenters. The van der Waals surface area contributed by atoms with Crippen molar-refractivity contribution in [1.29, 1.82) is 0 Å². The summed E-state index contributed by atoms with van der Waals surface area (Å²) in [6.45, 7) is 5.03. The second-order valence-electron chi connectivity index (χ2n) is 6.57. The van der Waals surface area contributed by atoms with Gasteiger partial charge in [-0.1, -0.05) is 13.8 Å². The summed E-state index contributed by atoms with van der Waals surface area (Å²) in [6.07, 6.45) is 6.83. The Labute approximate surface area is 118 Å². The summed E-state index contributed by atoms with van der Waals surface area (Å²) in [7, 11) is 0. The number of nitrogens with one attached hydrogen (secondary N) is 2. The Hall–Kier alpha value is -1.69. The molecule has 3 N–H and O–H groups in total. The summed E-state index contributed by atoms with van der Waals surface area (Å²) < 4.78 is 0. The molecule has 0 aromatic carbocycles. The summed E-state index contributed by atoms with van der Waals surface area (Å²) in [4.78, 5) is 15.4. The number of H-pyrrole nitrogens is 1. The number of aromatic amines is 1. The Balaban J connectivity index is 1.69. The number of rotatable bonds is 3. The number of imidazole rings is 1. The molecule has 1 aliphatic rings. The SMILES string of the molecule is CC1(C)CCC(O)(CNc2ncnc3nc[nH]c23)CC1. The molecule has 6 nitrogen and oxygen atoms in total. The molecule has 20 heavy (non-hydrogen) atoms. The maximum absolute atomic E-state index is 10.7. The van der Waals surface area contributed by atoms with Crippen LogP contribution in [0.1, 0.15) is 39.5 Å². The van der Waals surface area contributed by atoms with Gasteiger partial charge in [0.05, 0.1) is 11.9 Å². The summed E-state index contributed by atoms with van der Waals surface area (Å²) in [5.74, 6) is 0.700. The van der Waals surface area contributed by atoms with Gasteiger partial charge in [0.1, 0.15) is 11.8 Å². The molecule has 2 heterocycles. The number of hydrogen-bond acceptors (Lipinski definition) is 5. The normalized spacial score (nSPS) is 20.9. The first kappa shape index (κ1) is 13.3. The van der Waals surface area contributed by atoms with Gasteiger partial charge in [0, 0.05) is 6.54 Å². The number of nitrogens with zero attached hydrogens (tertiary/aromatic N) is 3. The molecule has 0 atom stereocenters. The number of aromatic nitrogens is 4. The second-order valence-corrected chi connectivity index (χ2v) is 6.57. The third-order valence-electron chi connectivity index (χ3n) is 4.34. The van der Waals surface area contributed by atoms with Gasteiger partial charge in [-0.2, -0.15) is 0 Å². The maximum Gasteiger partial charge on any atom is 0.182 e. The molecule has 2 aromatic rings. The molecule has 108 valence electrons. The lowest BCUT2D eigenvalue weighted by molar-refractivity contribution is -0.0145. The zero-order valence-corrected chi connectivity index (χ0v) is 12.0. The lowest BCUT2D eigenvalue weighted by Crippen LogP contribution is -2.42. The van der Waals surface area contributed by atoms with Crippen molar-refractivity contribution >= 4 is 17.0 Å². The number of hydrogen-bond donors (Lipinski definition) is 3. The minimum atomic E-state index is -0.646. The lowest BCUT2D eigenvalue weighted by Gasteiger charge is -2.40. The second kappa shape index (κ2) is 4.70. The Morgan fingerprint density at radius 3 is 2.70 bits per heavy atom. The highest BCUT2D eigenvalue weighted by molar-refractivity contribution is 5.81. The molecule has 1 aliphatic carbocycles. The van der Waals surface area contributed by atoms with Crippen molar-refractivity contribution in [2.45, 2.75) is 45.1 Å². The van der Waals surface area contributed by atoms with E-state index >= 15 is 0 Å². The largest absolute Gasteiger partial charge is 0.388 e. The monoisotopic (exact) mass is 275 g/mol. The highest BCUT2D eigenvalue weighted by atomic mass is 16.3. The van der Waals surface area contributed by atoms with Crippen LogP contribution in [0, 0.1) is 5.41 Å². The molecule has 1 saturated carbocycles. The van der Waals surface area contributed by atoms with Crippen LogP contribution in [0.2, 0.25) is 0 Å². The topological polar surface area (TPSA) is 86.7 Å². The molecule has 3 rings (SSSR count). The van der Waals surface area contributed by atoms with E-state index in [9.17, 15) is 5.11 Å². The molecular weight excluding hydrogens is 254 g/mol. The van der Waals surface area contributed by atoms with Crippen LogP contribution in [-0.4, -0.2) is 37.2 Å². The number of fused-ring (bicyclic) bond motifs is 1. The smallest absolute Gasteiger partial charge is 0.182 e. The molecule has 0 amide bonds.